The maximum absolute atomic E-state index is 4.35. The molecule has 0 spiro atoms. The Hall–Kier alpha value is 0.0400. The van der Waals surface area contributed by atoms with E-state index in [0.717, 1.165) is 23.7 Å². The Balaban J connectivity index is 2.58. The predicted molar refractivity (Wildman–Crippen MR) is 51.4 cm³/mol. The summed E-state index contributed by atoms with van der Waals surface area (Å²) in [6, 6.07) is 0. The van der Waals surface area contributed by atoms with Crippen LogP contribution in [0.3, 0.4) is 0 Å². The van der Waals surface area contributed by atoms with Crippen LogP contribution in [0.15, 0.2) is 0 Å². The van der Waals surface area contributed by atoms with Crippen molar-refractivity contribution in [1.82, 2.24) is 9.36 Å². The first-order chi connectivity index (χ1) is 5.22. The van der Waals surface area contributed by atoms with E-state index in [1.807, 2.05) is 0 Å². The smallest absolute Gasteiger partial charge is 0.142 e. The lowest BCUT2D eigenvalue weighted by molar-refractivity contribution is 0.910. The maximum atomic E-state index is 4.35. The van der Waals surface area contributed by atoms with Crippen molar-refractivity contribution in [3.63, 3.8) is 0 Å². The van der Waals surface area contributed by atoms with Gasteiger partial charge in [-0.3, -0.25) is 0 Å². The van der Waals surface area contributed by atoms with Crippen molar-refractivity contribution in [2.24, 2.45) is 0 Å². The number of aromatic nitrogens is 2. The Morgan fingerprint density at radius 3 is 2.82 bits per heavy atom. The highest BCUT2D eigenvalue weighted by Crippen LogP contribution is 2.11. The fourth-order valence-corrected chi connectivity index (χ4v) is 2.13. The van der Waals surface area contributed by atoms with Crippen LogP contribution in [0.1, 0.15) is 24.7 Å². The molecule has 1 atom stereocenters. The summed E-state index contributed by atoms with van der Waals surface area (Å²) in [4.78, 5) is 4.85. The van der Waals surface area contributed by atoms with E-state index in [0.29, 0.717) is 4.83 Å². The number of rotatable bonds is 3. The summed E-state index contributed by atoms with van der Waals surface area (Å²) < 4.78 is 4.20. The summed E-state index contributed by atoms with van der Waals surface area (Å²) in [5.41, 5.74) is 0. The fraction of sp³-hybridized carbons (Fsp3) is 0.714. The van der Waals surface area contributed by atoms with Gasteiger partial charge < -0.3 is 0 Å². The molecule has 1 unspecified atom stereocenters. The van der Waals surface area contributed by atoms with Crippen molar-refractivity contribution < 1.29 is 0 Å². The molecule has 0 saturated carbocycles. The Bertz CT molecular complexity index is 222. The molecule has 1 rings (SSSR count). The molecular weight excluding hydrogens is 224 g/mol. The molecule has 0 N–H and O–H groups in total. The Morgan fingerprint density at radius 1 is 1.64 bits per heavy atom. The highest BCUT2D eigenvalue weighted by atomic mass is 79.9. The Kier molecular flexibility index (Phi) is 3.45. The number of hydrogen-bond acceptors (Lipinski definition) is 3. The van der Waals surface area contributed by atoms with Crippen LogP contribution in [0.2, 0.25) is 0 Å². The van der Waals surface area contributed by atoms with Gasteiger partial charge >= 0.3 is 0 Å². The lowest BCUT2D eigenvalue weighted by Crippen LogP contribution is -1.95. The molecule has 0 bridgehead atoms. The summed E-state index contributed by atoms with van der Waals surface area (Å²) >= 11 is 4.99. The molecule has 0 aliphatic carbocycles. The molecule has 0 aliphatic heterocycles. The molecule has 62 valence electrons. The lowest BCUT2D eigenvalue weighted by atomic mass is 10.3. The van der Waals surface area contributed by atoms with E-state index in [-0.39, 0.29) is 0 Å². The van der Waals surface area contributed by atoms with Gasteiger partial charge in [-0.25, -0.2) is 4.98 Å². The summed E-state index contributed by atoms with van der Waals surface area (Å²) in [6.45, 7) is 4.19. The van der Waals surface area contributed by atoms with Gasteiger partial charge in [-0.05, 0) is 11.5 Å². The fourth-order valence-electron chi connectivity index (χ4n) is 0.757. The van der Waals surface area contributed by atoms with E-state index in [4.69, 9.17) is 0 Å². The van der Waals surface area contributed by atoms with Crippen LogP contribution in [0, 0.1) is 0 Å². The summed E-state index contributed by atoms with van der Waals surface area (Å²) in [7, 11) is 0. The van der Waals surface area contributed by atoms with Gasteiger partial charge in [0.15, 0.2) is 0 Å². The first-order valence-corrected chi connectivity index (χ1v) is 5.36. The van der Waals surface area contributed by atoms with Gasteiger partial charge in [0.25, 0.3) is 0 Å². The second kappa shape index (κ2) is 4.16. The van der Waals surface area contributed by atoms with Crippen LogP contribution in [0.5, 0.6) is 0 Å². The third-order valence-corrected chi connectivity index (χ3v) is 2.38. The largest absolute Gasteiger partial charge is 0.225 e. The molecule has 11 heavy (non-hydrogen) atoms. The number of alkyl halides is 1. The van der Waals surface area contributed by atoms with Crippen LogP contribution in [-0.4, -0.2) is 14.2 Å². The lowest BCUT2D eigenvalue weighted by Gasteiger charge is -1.95. The van der Waals surface area contributed by atoms with Crippen molar-refractivity contribution in [3.05, 3.63) is 10.8 Å². The van der Waals surface area contributed by atoms with Crippen LogP contribution < -0.4 is 0 Å². The maximum Gasteiger partial charge on any atom is 0.142 e. The Morgan fingerprint density at radius 2 is 2.36 bits per heavy atom. The van der Waals surface area contributed by atoms with Gasteiger partial charge in [0.1, 0.15) is 10.8 Å². The van der Waals surface area contributed by atoms with Crippen molar-refractivity contribution in [2.45, 2.75) is 31.5 Å². The number of hydrogen-bond donors (Lipinski definition) is 0. The molecule has 0 amide bonds. The zero-order valence-electron chi connectivity index (χ0n) is 6.67. The van der Waals surface area contributed by atoms with Crippen molar-refractivity contribution in [3.8, 4) is 0 Å². The second-order valence-electron chi connectivity index (χ2n) is 2.44. The third-order valence-electron chi connectivity index (χ3n) is 1.28. The highest BCUT2D eigenvalue weighted by molar-refractivity contribution is 9.09. The average molecular weight is 235 g/mol. The highest BCUT2D eigenvalue weighted by Gasteiger charge is 2.04. The molecule has 0 aromatic carbocycles. The Labute approximate surface area is 79.3 Å². The molecule has 1 heterocycles. The van der Waals surface area contributed by atoms with Gasteiger partial charge in [0, 0.05) is 17.7 Å². The van der Waals surface area contributed by atoms with E-state index in [1.54, 1.807) is 0 Å². The van der Waals surface area contributed by atoms with Gasteiger partial charge in [-0.15, -0.1) is 0 Å². The zero-order valence-corrected chi connectivity index (χ0v) is 9.07. The minimum Gasteiger partial charge on any atom is -0.225 e. The normalized spacial score (nSPS) is 13.4. The molecule has 2 nitrogen and oxygen atoms in total. The SMILES string of the molecule is CCc1nsc(CC(C)Br)n1. The van der Waals surface area contributed by atoms with Crippen LogP contribution >= 0.6 is 27.5 Å². The van der Waals surface area contributed by atoms with Crippen LogP contribution in [0.4, 0.5) is 0 Å². The third kappa shape index (κ3) is 2.87. The minimum absolute atomic E-state index is 0.500. The molecule has 0 fully saturated rings. The van der Waals surface area contributed by atoms with Gasteiger partial charge in [-0.2, -0.15) is 4.37 Å². The van der Waals surface area contributed by atoms with Gasteiger partial charge in [0.2, 0.25) is 0 Å². The molecule has 1 aromatic heterocycles. The molecule has 4 heteroatoms. The van der Waals surface area contributed by atoms with E-state index >= 15 is 0 Å². The summed E-state index contributed by atoms with van der Waals surface area (Å²) in [5.74, 6) is 0.971. The first-order valence-electron chi connectivity index (χ1n) is 3.68. The van der Waals surface area contributed by atoms with Crippen LogP contribution in [0.25, 0.3) is 0 Å². The second-order valence-corrected chi connectivity index (χ2v) is 4.84. The molecule has 0 saturated heterocycles. The molecule has 0 aliphatic rings. The predicted octanol–water partition coefficient (Wildman–Crippen LogP) is 2.43. The monoisotopic (exact) mass is 234 g/mol. The topological polar surface area (TPSA) is 25.8 Å². The zero-order chi connectivity index (χ0) is 8.27. The number of halogens is 1. The van der Waals surface area contributed by atoms with Crippen molar-refractivity contribution in [1.29, 1.82) is 0 Å². The molecular formula is C7H11BrN2S. The van der Waals surface area contributed by atoms with E-state index in [9.17, 15) is 0 Å². The summed E-state index contributed by atoms with van der Waals surface area (Å²) in [6.07, 6.45) is 1.92. The van der Waals surface area contributed by atoms with Crippen molar-refractivity contribution in [2.75, 3.05) is 0 Å². The van der Waals surface area contributed by atoms with Crippen LogP contribution in [-0.2, 0) is 12.8 Å². The van der Waals surface area contributed by atoms with Crippen molar-refractivity contribution >= 4 is 27.5 Å². The van der Waals surface area contributed by atoms with Gasteiger partial charge in [-0.1, -0.05) is 29.8 Å². The molecule has 0 radical (unpaired) electrons. The van der Waals surface area contributed by atoms with Gasteiger partial charge in [0.05, 0.1) is 0 Å². The first kappa shape index (κ1) is 9.13. The van der Waals surface area contributed by atoms with E-state index in [1.165, 1.54) is 11.5 Å². The number of nitrogens with zero attached hydrogens (tertiary/aromatic N) is 2. The van der Waals surface area contributed by atoms with E-state index in [2.05, 4.69) is 39.1 Å². The minimum atomic E-state index is 0.500. The quantitative estimate of drug-likeness (QED) is 0.752. The van der Waals surface area contributed by atoms with E-state index < -0.39 is 0 Å². The average Bonchev–Trinajstić information content (AvgIpc) is 2.34. The standard InChI is InChI=1S/C7H11BrN2S/c1-3-6-9-7(11-10-6)4-5(2)8/h5H,3-4H2,1-2H3. The molecule has 1 aromatic rings. The number of aryl methyl sites for hydroxylation is 1. The summed E-state index contributed by atoms with van der Waals surface area (Å²) in [5, 5.41) is 1.13.